The van der Waals surface area contributed by atoms with Gasteiger partial charge in [0.25, 0.3) is 0 Å². The maximum atomic E-state index is 5.66. The number of morpholine rings is 1. The molecule has 0 spiro atoms. The molecule has 1 heterocycles. The summed E-state index contributed by atoms with van der Waals surface area (Å²) in [6, 6.07) is 0. The first-order chi connectivity index (χ1) is 9.08. The number of rotatable bonds is 4. The largest absolute Gasteiger partial charge is 0.378 e. The highest BCUT2D eigenvalue weighted by Crippen LogP contribution is 2.37. The van der Waals surface area contributed by atoms with E-state index in [1.54, 1.807) is 0 Å². The summed E-state index contributed by atoms with van der Waals surface area (Å²) in [7, 11) is 2.11. The molecule has 1 saturated carbocycles. The molecule has 19 heavy (non-hydrogen) atoms. The molecule has 0 aromatic rings. The molecule has 0 bridgehead atoms. The summed E-state index contributed by atoms with van der Waals surface area (Å²) in [5.41, 5.74) is 0.686. The van der Waals surface area contributed by atoms with Crippen molar-refractivity contribution >= 4 is 0 Å². The predicted molar refractivity (Wildman–Crippen MR) is 80.5 cm³/mol. The molecule has 1 aliphatic carbocycles. The van der Waals surface area contributed by atoms with Crippen LogP contribution in [0.3, 0.4) is 0 Å². The first-order valence-electron chi connectivity index (χ1n) is 8.05. The van der Waals surface area contributed by atoms with Gasteiger partial charge in [-0.2, -0.15) is 0 Å². The summed E-state index contributed by atoms with van der Waals surface area (Å²) >= 11 is 0. The lowest BCUT2D eigenvalue weighted by Crippen LogP contribution is -2.57. The van der Waals surface area contributed by atoms with Crippen LogP contribution in [-0.4, -0.2) is 50.3 Å². The van der Waals surface area contributed by atoms with Gasteiger partial charge in [0.15, 0.2) is 0 Å². The van der Waals surface area contributed by atoms with Gasteiger partial charge in [-0.25, -0.2) is 0 Å². The first-order valence-corrected chi connectivity index (χ1v) is 8.05. The highest BCUT2D eigenvalue weighted by Gasteiger charge is 2.38. The third kappa shape index (κ3) is 3.93. The van der Waals surface area contributed by atoms with E-state index in [1.165, 1.54) is 51.6 Å². The van der Waals surface area contributed by atoms with E-state index in [1.807, 2.05) is 0 Å². The van der Waals surface area contributed by atoms with Gasteiger partial charge in [-0.1, -0.05) is 25.7 Å². The van der Waals surface area contributed by atoms with Gasteiger partial charge >= 0.3 is 0 Å². The van der Waals surface area contributed by atoms with Crippen molar-refractivity contribution in [1.82, 2.24) is 10.2 Å². The highest BCUT2D eigenvalue weighted by atomic mass is 16.5. The molecule has 0 unspecified atom stereocenters. The number of nitrogens with zero attached hydrogens (tertiary/aromatic N) is 1. The van der Waals surface area contributed by atoms with E-state index in [9.17, 15) is 0 Å². The zero-order chi connectivity index (χ0) is 13.8. The van der Waals surface area contributed by atoms with Crippen LogP contribution in [0.15, 0.2) is 0 Å². The first kappa shape index (κ1) is 15.3. The third-order valence-electron chi connectivity index (χ3n) is 5.06. The molecule has 3 heteroatoms. The van der Waals surface area contributed by atoms with Crippen LogP contribution in [-0.2, 0) is 4.74 Å². The van der Waals surface area contributed by atoms with E-state index >= 15 is 0 Å². The van der Waals surface area contributed by atoms with Crippen molar-refractivity contribution in [2.75, 3.05) is 39.9 Å². The summed E-state index contributed by atoms with van der Waals surface area (Å²) in [6.07, 6.45) is 8.46. The van der Waals surface area contributed by atoms with Crippen LogP contribution in [0.1, 0.15) is 52.4 Å². The second kappa shape index (κ2) is 6.55. The lowest BCUT2D eigenvalue weighted by Gasteiger charge is -2.47. The van der Waals surface area contributed by atoms with E-state index in [-0.39, 0.29) is 5.54 Å². The van der Waals surface area contributed by atoms with Crippen LogP contribution < -0.4 is 5.32 Å². The van der Waals surface area contributed by atoms with Crippen molar-refractivity contribution in [1.29, 1.82) is 0 Å². The summed E-state index contributed by atoms with van der Waals surface area (Å²) in [5.74, 6) is 0. The quantitative estimate of drug-likeness (QED) is 0.793. The number of hydrogen-bond donors (Lipinski definition) is 1. The molecule has 112 valence electrons. The number of hydrogen-bond acceptors (Lipinski definition) is 3. The van der Waals surface area contributed by atoms with Crippen molar-refractivity contribution < 1.29 is 4.74 Å². The standard InChI is InChI=1S/C16H32N2O/c1-15(2)14-19-11-10-18(15)13-16(12-17-3)8-6-4-5-7-9-16/h17H,4-14H2,1-3H3. The van der Waals surface area contributed by atoms with E-state index in [0.29, 0.717) is 5.41 Å². The normalized spacial score (nSPS) is 27.9. The van der Waals surface area contributed by atoms with Gasteiger partial charge < -0.3 is 10.1 Å². The summed E-state index contributed by atoms with van der Waals surface area (Å²) in [6.45, 7) is 9.94. The van der Waals surface area contributed by atoms with Gasteiger partial charge in [-0.3, -0.25) is 4.90 Å². The maximum absolute atomic E-state index is 5.66. The molecule has 0 aromatic heterocycles. The molecule has 1 N–H and O–H groups in total. The molecule has 2 fully saturated rings. The number of nitrogens with one attached hydrogen (secondary N) is 1. The second-order valence-electron chi connectivity index (χ2n) is 7.23. The third-order valence-corrected chi connectivity index (χ3v) is 5.06. The molecule has 1 aliphatic heterocycles. The van der Waals surface area contributed by atoms with Crippen molar-refractivity contribution in [3.05, 3.63) is 0 Å². The van der Waals surface area contributed by atoms with Gasteiger partial charge in [-0.05, 0) is 39.2 Å². The van der Waals surface area contributed by atoms with Crippen molar-refractivity contribution in [2.45, 2.75) is 57.9 Å². The topological polar surface area (TPSA) is 24.5 Å². The van der Waals surface area contributed by atoms with Crippen LogP contribution in [0.2, 0.25) is 0 Å². The van der Waals surface area contributed by atoms with Gasteiger partial charge in [0.2, 0.25) is 0 Å². The molecular formula is C16H32N2O. The molecule has 2 aliphatic rings. The van der Waals surface area contributed by atoms with Gasteiger partial charge in [0, 0.05) is 25.2 Å². The maximum Gasteiger partial charge on any atom is 0.0645 e. The Morgan fingerprint density at radius 1 is 1.11 bits per heavy atom. The van der Waals surface area contributed by atoms with Crippen molar-refractivity contribution in [3.8, 4) is 0 Å². The van der Waals surface area contributed by atoms with Crippen LogP contribution in [0.4, 0.5) is 0 Å². The molecular weight excluding hydrogens is 236 g/mol. The monoisotopic (exact) mass is 268 g/mol. The molecule has 3 nitrogen and oxygen atoms in total. The minimum Gasteiger partial charge on any atom is -0.378 e. The van der Waals surface area contributed by atoms with E-state index in [2.05, 4.69) is 31.1 Å². The van der Waals surface area contributed by atoms with E-state index in [4.69, 9.17) is 4.74 Å². The highest BCUT2D eigenvalue weighted by molar-refractivity contribution is 4.92. The Labute approximate surface area is 119 Å². The van der Waals surface area contributed by atoms with Gasteiger partial charge in [-0.15, -0.1) is 0 Å². The minimum absolute atomic E-state index is 0.200. The summed E-state index contributed by atoms with van der Waals surface area (Å²) in [5, 5.41) is 3.47. The average Bonchev–Trinajstić information content (AvgIpc) is 2.58. The molecule has 0 aromatic carbocycles. The fourth-order valence-electron chi connectivity index (χ4n) is 3.83. The van der Waals surface area contributed by atoms with Crippen LogP contribution in [0.5, 0.6) is 0 Å². The fraction of sp³-hybridized carbons (Fsp3) is 1.00. The second-order valence-corrected chi connectivity index (χ2v) is 7.23. The lowest BCUT2D eigenvalue weighted by molar-refractivity contribution is -0.0699. The Balaban J connectivity index is 2.06. The predicted octanol–water partition coefficient (Wildman–Crippen LogP) is 2.66. The zero-order valence-corrected chi connectivity index (χ0v) is 13.1. The SMILES string of the molecule is CNCC1(CN2CCOCC2(C)C)CCCCCC1. The van der Waals surface area contributed by atoms with Gasteiger partial charge in [0.05, 0.1) is 13.2 Å². The molecule has 0 atom stereocenters. The summed E-state index contributed by atoms with van der Waals surface area (Å²) < 4.78 is 5.66. The summed E-state index contributed by atoms with van der Waals surface area (Å²) in [4.78, 5) is 2.68. The molecule has 0 amide bonds. The van der Waals surface area contributed by atoms with Crippen LogP contribution >= 0.6 is 0 Å². The average molecular weight is 268 g/mol. The van der Waals surface area contributed by atoms with E-state index < -0.39 is 0 Å². The Bertz CT molecular complexity index is 270. The smallest absolute Gasteiger partial charge is 0.0645 e. The Hall–Kier alpha value is -0.120. The molecule has 1 saturated heterocycles. The van der Waals surface area contributed by atoms with Crippen molar-refractivity contribution in [3.63, 3.8) is 0 Å². The molecule has 0 radical (unpaired) electrons. The van der Waals surface area contributed by atoms with Gasteiger partial charge in [0.1, 0.15) is 0 Å². The molecule has 2 rings (SSSR count). The zero-order valence-electron chi connectivity index (χ0n) is 13.1. The Morgan fingerprint density at radius 2 is 1.79 bits per heavy atom. The van der Waals surface area contributed by atoms with Crippen molar-refractivity contribution in [2.24, 2.45) is 5.41 Å². The Kier molecular flexibility index (Phi) is 5.27. The van der Waals surface area contributed by atoms with Crippen LogP contribution in [0, 0.1) is 5.41 Å². The van der Waals surface area contributed by atoms with Crippen LogP contribution in [0.25, 0.3) is 0 Å². The fourth-order valence-corrected chi connectivity index (χ4v) is 3.83. The number of ether oxygens (including phenoxy) is 1. The minimum atomic E-state index is 0.200. The Morgan fingerprint density at radius 3 is 2.37 bits per heavy atom. The lowest BCUT2D eigenvalue weighted by atomic mass is 9.78. The van der Waals surface area contributed by atoms with E-state index in [0.717, 1.165) is 19.8 Å².